The summed E-state index contributed by atoms with van der Waals surface area (Å²) in [6.07, 6.45) is 2.41. The van der Waals surface area contributed by atoms with Crippen molar-refractivity contribution in [3.63, 3.8) is 0 Å². The first kappa shape index (κ1) is 15.2. The predicted molar refractivity (Wildman–Crippen MR) is 74.3 cm³/mol. The third-order valence-corrected chi connectivity index (χ3v) is 3.07. The summed E-state index contributed by atoms with van der Waals surface area (Å²) in [7, 11) is 0. The van der Waals surface area contributed by atoms with Crippen molar-refractivity contribution in [2.24, 2.45) is 0 Å². The van der Waals surface area contributed by atoms with Crippen LogP contribution in [0.15, 0.2) is 24.3 Å². The van der Waals surface area contributed by atoms with Crippen LogP contribution in [0.5, 0.6) is 0 Å². The van der Waals surface area contributed by atoms with E-state index in [1.54, 1.807) is 12.1 Å². The van der Waals surface area contributed by atoms with Gasteiger partial charge in [0.15, 0.2) is 0 Å². The van der Waals surface area contributed by atoms with Gasteiger partial charge in [0.05, 0.1) is 12.0 Å². The maximum absolute atomic E-state index is 12.1. The van der Waals surface area contributed by atoms with Crippen LogP contribution in [0.2, 0.25) is 0 Å². The minimum absolute atomic E-state index is 0.0963. The van der Waals surface area contributed by atoms with Crippen LogP contribution in [0.1, 0.15) is 42.6 Å². The fourth-order valence-corrected chi connectivity index (χ4v) is 1.86. The monoisotopic (exact) mass is 263 g/mol. The number of likely N-dealkylation sites (N-methyl/N-ethyl adjacent to an activating group) is 1. The van der Waals surface area contributed by atoms with Gasteiger partial charge in [0.2, 0.25) is 5.91 Å². The zero-order valence-corrected chi connectivity index (χ0v) is 11.6. The zero-order valence-electron chi connectivity index (χ0n) is 11.6. The molecule has 4 heteroatoms. The Labute approximate surface area is 114 Å². The van der Waals surface area contributed by atoms with Crippen LogP contribution in [-0.4, -0.2) is 35.0 Å². The number of aromatic carboxylic acids is 1. The highest BCUT2D eigenvalue weighted by Gasteiger charge is 2.12. The Morgan fingerprint density at radius 3 is 2.26 bits per heavy atom. The molecule has 0 aliphatic carbocycles. The minimum atomic E-state index is -0.948. The quantitative estimate of drug-likeness (QED) is 0.822. The highest BCUT2D eigenvalue weighted by Crippen LogP contribution is 2.07. The molecule has 0 saturated heterocycles. The molecule has 0 unspecified atom stereocenters. The summed E-state index contributed by atoms with van der Waals surface area (Å²) in [5.41, 5.74) is 1.10. The highest BCUT2D eigenvalue weighted by atomic mass is 16.4. The Hall–Kier alpha value is -1.84. The lowest BCUT2D eigenvalue weighted by molar-refractivity contribution is -0.130. The van der Waals surface area contributed by atoms with E-state index >= 15 is 0 Å². The maximum Gasteiger partial charge on any atom is 0.335 e. The van der Waals surface area contributed by atoms with E-state index in [-0.39, 0.29) is 11.5 Å². The number of carboxylic acids is 1. The molecule has 0 aliphatic rings. The first-order valence-corrected chi connectivity index (χ1v) is 6.68. The largest absolute Gasteiger partial charge is 0.478 e. The van der Waals surface area contributed by atoms with E-state index in [2.05, 4.69) is 6.92 Å². The summed E-state index contributed by atoms with van der Waals surface area (Å²) in [6.45, 7) is 5.58. The number of unbranched alkanes of at least 4 members (excludes halogenated alkanes) is 1. The lowest BCUT2D eigenvalue weighted by Crippen LogP contribution is -2.32. The normalized spacial score (nSPS) is 10.2. The summed E-state index contributed by atoms with van der Waals surface area (Å²) in [6, 6.07) is 6.48. The van der Waals surface area contributed by atoms with Gasteiger partial charge in [-0.2, -0.15) is 0 Å². The fourth-order valence-electron chi connectivity index (χ4n) is 1.86. The molecule has 0 aromatic heterocycles. The summed E-state index contributed by atoms with van der Waals surface area (Å²) in [4.78, 5) is 24.7. The van der Waals surface area contributed by atoms with Crippen LogP contribution < -0.4 is 0 Å². The maximum atomic E-state index is 12.1. The van der Waals surface area contributed by atoms with E-state index in [9.17, 15) is 9.59 Å². The van der Waals surface area contributed by atoms with Crippen LogP contribution in [0.4, 0.5) is 0 Å². The Morgan fingerprint density at radius 1 is 1.16 bits per heavy atom. The second-order valence-electron chi connectivity index (χ2n) is 4.51. The molecule has 19 heavy (non-hydrogen) atoms. The van der Waals surface area contributed by atoms with Gasteiger partial charge in [-0.3, -0.25) is 4.79 Å². The van der Waals surface area contributed by atoms with Crippen LogP contribution in [-0.2, 0) is 11.2 Å². The lowest BCUT2D eigenvalue weighted by atomic mass is 10.1. The number of nitrogens with zero attached hydrogens (tertiary/aromatic N) is 1. The fraction of sp³-hybridized carbons (Fsp3) is 0.467. The molecular weight excluding hydrogens is 242 g/mol. The van der Waals surface area contributed by atoms with Crippen LogP contribution in [0.3, 0.4) is 0 Å². The van der Waals surface area contributed by atoms with Crippen molar-refractivity contribution in [1.29, 1.82) is 0 Å². The van der Waals surface area contributed by atoms with Crippen LogP contribution >= 0.6 is 0 Å². The van der Waals surface area contributed by atoms with Crippen LogP contribution in [0, 0.1) is 0 Å². The molecule has 0 saturated carbocycles. The molecule has 0 bridgehead atoms. The second kappa shape index (κ2) is 7.56. The Bertz CT molecular complexity index is 426. The van der Waals surface area contributed by atoms with E-state index in [4.69, 9.17) is 5.11 Å². The van der Waals surface area contributed by atoms with Crippen LogP contribution in [0.25, 0.3) is 0 Å². The third kappa shape index (κ3) is 4.73. The van der Waals surface area contributed by atoms with Gasteiger partial charge in [0.1, 0.15) is 0 Å². The predicted octanol–water partition coefficient (Wildman–Crippen LogP) is 2.58. The second-order valence-corrected chi connectivity index (χ2v) is 4.51. The van der Waals surface area contributed by atoms with Gasteiger partial charge in [0, 0.05) is 13.1 Å². The molecule has 0 radical (unpaired) electrons. The van der Waals surface area contributed by atoms with Gasteiger partial charge in [-0.05, 0) is 31.0 Å². The third-order valence-electron chi connectivity index (χ3n) is 3.07. The number of benzene rings is 1. The van der Waals surface area contributed by atoms with Gasteiger partial charge >= 0.3 is 5.97 Å². The topological polar surface area (TPSA) is 57.6 Å². The van der Waals surface area contributed by atoms with Crippen molar-refractivity contribution in [3.05, 3.63) is 35.4 Å². The minimum Gasteiger partial charge on any atom is -0.478 e. The van der Waals surface area contributed by atoms with E-state index in [1.165, 1.54) is 12.1 Å². The molecule has 0 aliphatic heterocycles. The number of hydrogen-bond donors (Lipinski definition) is 1. The van der Waals surface area contributed by atoms with Crippen molar-refractivity contribution < 1.29 is 14.7 Å². The SMILES string of the molecule is CCCCN(CC)C(=O)Cc1ccc(C(=O)O)cc1. The first-order valence-electron chi connectivity index (χ1n) is 6.68. The Balaban J connectivity index is 2.62. The van der Waals surface area contributed by atoms with E-state index in [0.29, 0.717) is 13.0 Å². The van der Waals surface area contributed by atoms with Crippen molar-refractivity contribution in [3.8, 4) is 0 Å². The molecular formula is C15H21NO3. The molecule has 0 fully saturated rings. The van der Waals surface area contributed by atoms with E-state index in [1.807, 2.05) is 11.8 Å². The standard InChI is InChI=1S/C15H21NO3/c1-3-5-10-16(4-2)14(17)11-12-6-8-13(9-7-12)15(18)19/h6-9H,3-5,10-11H2,1-2H3,(H,18,19). The first-order chi connectivity index (χ1) is 9.08. The summed E-state index contributed by atoms with van der Waals surface area (Å²) < 4.78 is 0. The van der Waals surface area contributed by atoms with Crippen molar-refractivity contribution >= 4 is 11.9 Å². The van der Waals surface area contributed by atoms with Gasteiger partial charge in [0.25, 0.3) is 0 Å². The van der Waals surface area contributed by atoms with Gasteiger partial charge in [-0.25, -0.2) is 4.79 Å². The van der Waals surface area contributed by atoms with Crippen molar-refractivity contribution in [2.45, 2.75) is 33.1 Å². The number of carboxylic acid groups (broad SMARTS) is 1. The molecule has 1 aromatic carbocycles. The van der Waals surface area contributed by atoms with Crippen molar-refractivity contribution in [1.82, 2.24) is 4.90 Å². The average Bonchev–Trinajstić information content (AvgIpc) is 2.40. The Morgan fingerprint density at radius 2 is 1.79 bits per heavy atom. The van der Waals surface area contributed by atoms with Gasteiger partial charge in [-0.1, -0.05) is 25.5 Å². The molecule has 0 heterocycles. The van der Waals surface area contributed by atoms with E-state index < -0.39 is 5.97 Å². The molecule has 104 valence electrons. The molecule has 1 aromatic rings. The molecule has 0 atom stereocenters. The Kier molecular flexibility index (Phi) is 6.06. The highest BCUT2D eigenvalue weighted by molar-refractivity contribution is 5.87. The van der Waals surface area contributed by atoms with Gasteiger partial charge in [-0.15, -0.1) is 0 Å². The summed E-state index contributed by atoms with van der Waals surface area (Å²) in [5, 5.41) is 8.81. The molecule has 1 amide bonds. The molecule has 4 nitrogen and oxygen atoms in total. The molecule has 1 rings (SSSR count). The van der Waals surface area contributed by atoms with E-state index in [0.717, 1.165) is 24.9 Å². The van der Waals surface area contributed by atoms with Crippen molar-refractivity contribution in [2.75, 3.05) is 13.1 Å². The molecule has 1 N–H and O–H groups in total. The number of carbonyl (C=O) groups is 2. The number of rotatable bonds is 7. The number of hydrogen-bond acceptors (Lipinski definition) is 2. The summed E-state index contributed by atoms with van der Waals surface area (Å²) in [5.74, 6) is -0.852. The van der Waals surface area contributed by atoms with Gasteiger partial charge < -0.3 is 10.0 Å². The number of carbonyl (C=O) groups excluding carboxylic acids is 1. The molecule has 0 spiro atoms. The average molecular weight is 263 g/mol. The zero-order chi connectivity index (χ0) is 14.3. The summed E-state index contributed by atoms with van der Waals surface area (Å²) >= 11 is 0. The number of amides is 1. The smallest absolute Gasteiger partial charge is 0.335 e. The lowest BCUT2D eigenvalue weighted by Gasteiger charge is -2.20.